The van der Waals surface area contributed by atoms with E-state index in [2.05, 4.69) is 10.5 Å². The minimum absolute atomic E-state index is 0.0133. The molecule has 164 valence electrons. The first-order chi connectivity index (χ1) is 15.4. The van der Waals surface area contributed by atoms with Gasteiger partial charge in [-0.25, -0.2) is 4.79 Å². The highest BCUT2D eigenvalue weighted by molar-refractivity contribution is 5.94. The minimum Gasteiger partial charge on any atom is -0.493 e. The number of methoxy groups -OCH3 is 1. The van der Waals surface area contributed by atoms with Gasteiger partial charge in [0.2, 0.25) is 5.75 Å². The van der Waals surface area contributed by atoms with Gasteiger partial charge in [0, 0.05) is 11.6 Å². The van der Waals surface area contributed by atoms with Crippen LogP contribution in [0.3, 0.4) is 0 Å². The second-order valence-electron chi connectivity index (χ2n) is 6.82. The summed E-state index contributed by atoms with van der Waals surface area (Å²) < 4.78 is 11.0. The maximum Gasteiger partial charge on any atom is 0.337 e. The highest BCUT2D eigenvalue weighted by Gasteiger charge is 2.22. The van der Waals surface area contributed by atoms with Crippen LogP contribution >= 0.6 is 0 Å². The van der Waals surface area contributed by atoms with Gasteiger partial charge in [0.15, 0.2) is 5.75 Å². The lowest BCUT2D eigenvalue weighted by atomic mass is 10.1. The summed E-state index contributed by atoms with van der Waals surface area (Å²) >= 11 is 0. The van der Waals surface area contributed by atoms with Crippen LogP contribution in [0.15, 0.2) is 65.8 Å². The summed E-state index contributed by atoms with van der Waals surface area (Å²) in [4.78, 5) is 22.4. The zero-order chi connectivity index (χ0) is 23.1. The average Bonchev–Trinajstić information content (AvgIpc) is 2.78. The fourth-order valence-electron chi connectivity index (χ4n) is 2.90. The number of nitrogens with one attached hydrogen (secondary N) is 1. The van der Waals surface area contributed by atoms with Gasteiger partial charge in [0.05, 0.1) is 29.5 Å². The molecule has 0 saturated carbocycles. The summed E-state index contributed by atoms with van der Waals surface area (Å²) in [6, 6.07) is 16.7. The number of carboxylic acids is 1. The summed E-state index contributed by atoms with van der Waals surface area (Å²) in [5.41, 5.74) is 5.03. The molecule has 0 atom stereocenters. The fraction of sp³-hybridized carbons (Fsp3) is 0.130. The molecule has 0 amide bonds. The smallest absolute Gasteiger partial charge is 0.337 e. The van der Waals surface area contributed by atoms with Gasteiger partial charge in [-0.3, -0.25) is 15.5 Å². The van der Waals surface area contributed by atoms with E-state index in [1.54, 1.807) is 24.3 Å². The summed E-state index contributed by atoms with van der Waals surface area (Å²) in [5.74, 6) is -0.909. The largest absolute Gasteiger partial charge is 0.493 e. The molecule has 0 aliphatic carbocycles. The van der Waals surface area contributed by atoms with Gasteiger partial charge in [-0.2, -0.15) is 5.10 Å². The zero-order valence-electron chi connectivity index (χ0n) is 17.4. The van der Waals surface area contributed by atoms with Gasteiger partial charge in [-0.15, -0.1) is 0 Å². The Balaban J connectivity index is 1.84. The highest BCUT2D eigenvalue weighted by Crippen LogP contribution is 2.38. The SMILES string of the molecule is COc1cc(C=NNc2ccccc2C(=O)O)cc([N+](=O)[O-])c1OCc1ccc(C)cc1. The van der Waals surface area contributed by atoms with Crippen molar-refractivity contribution in [3.05, 3.63) is 93.0 Å². The van der Waals surface area contributed by atoms with Gasteiger partial charge in [-0.1, -0.05) is 42.0 Å². The third-order valence-electron chi connectivity index (χ3n) is 4.53. The molecule has 0 saturated heterocycles. The summed E-state index contributed by atoms with van der Waals surface area (Å²) in [5, 5.41) is 24.9. The molecule has 32 heavy (non-hydrogen) atoms. The van der Waals surface area contributed by atoms with E-state index in [0.717, 1.165) is 11.1 Å². The van der Waals surface area contributed by atoms with Crippen LogP contribution in [0.4, 0.5) is 11.4 Å². The van der Waals surface area contributed by atoms with E-state index in [1.165, 1.54) is 25.5 Å². The van der Waals surface area contributed by atoms with E-state index >= 15 is 0 Å². The molecule has 0 unspecified atom stereocenters. The Labute approximate surface area is 184 Å². The maximum absolute atomic E-state index is 11.7. The van der Waals surface area contributed by atoms with Crippen LogP contribution in [-0.2, 0) is 6.61 Å². The molecular weight excluding hydrogens is 414 g/mol. The Kier molecular flexibility index (Phi) is 7.02. The van der Waals surface area contributed by atoms with Crippen LogP contribution in [0.5, 0.6) is 11.5 Å². The molecule has 3 rings (SSSR count). The molecule has 0 aliphatic heterocycles. The first-order valence-electron chi connectivity index (χ1n) is 9.55. The Hall–Kier alpha value is -4.40. The van der Waals surface area contributed by atoms with Gasteiger partial charge in [0.25, 0.3) is 0 Å². The van der Waals surface area contributed by atoms with Crippen molar-refractivity contribution >= 4 is 23.6 Å². The number of nitro groups is 1. The third-order valence-corrected chi connectivity index (χ3v) is 4.53. The van der Waals surface area contributed by atoms with Gasteiger partial charge < -0.3 is 14.6 Å². The van der Waals surface area contributed by atoms with Crippen molar-refractivity contribution in [2.24, 2.45) is 5.10 Å². The van der Waals surface area contributed by atoms with Crippen LogP contribution in [-0.4, -0.2) is 29.3 Å². The van der Waals surface area contributed by atoms with E-state index in [1.807, 2.05) is 31.2 Å². The Morgan fingerprint density at radius 3 is 2.56 bits per heavy atom. The Morgan fingerprint density at radius 2 is 1.91 bits per heavy atom. The first-order valence-corrected chi connectivity index (χ1v) is 9.55. The van der Waals surface area contributed by atoms with Crippen molar-refractivity contribution < 1.29 is 24.3 Å². The number of carboxylic acid groups (broad SMARTS) is 1. The second kappa shape index (κ2) is 10.1. The molecule has 3 aromatic carbocycles. The maximum atomic E-state index is 11.7. The normalized spacial score (nSPS) is 10.7. The number of hydrogen-bond acceptors (Lipinski definition) is 7. The number of para-hydroxylation sites is 1. The molecule has 0 spiro atoms. The number of aryl methyl sites for hydroxylation is 1. The van der Waals surface area contributed by atoms with Gasteiger partial charge in [-0.05, 0) is 30.7 Å². The van der Waals surface area contributed by atoms with Crippen molar-refractivity contribution in [2.75, 3.05) is 12.5 Å². The predicted octanol–water partition coefficient (Wildman–Crippen LogP) is 4.64. The monoisotopic (exact) mass is 435 g/mol. The standard InChI is InChI=1S/C23H21N3O6/c1-15-7-9-16(10-8-15)14-32-22-20(26(29)30)11-17(12-21(22)31-2)13-24-25-19-6-4-3-5-18(19)23(27)28/h3-13,25H,14H2,1-2H3,(H,27,28). The number of hydrogen-bond donors (Lipinski definition) is 2. The van der Waals surface area contributed by atoms with Crippen LogP contribution in [0, 0.1) is 17.0 Å². The molecule has 0 aromatic heterocycles. The van der Waals surface area contributed by atoms with Crippen molar-refractivity contribution in [1.29, 1.82) is 0 Å². The number of nitro benzene ring substituents is 1. The predicted molar refractivity (Wildman–Crippen MR) is 120 cm³/mol. The number of aromatic carboxylic acids is 1. The number of rotatable bonds is 9. The van der Waals surface area contributed by atoms with E-state index in [0.29, 0.717) is 5.56 Å². The van der Waals surface area contributed by atoms with Crippen LogP contribution in [0.2, 0.25) is 0 Å². The third kappa shape index (κ3) is 5.39. The molecule has 0 radical (unpaired) electrons. The molecule has 0 fully saturated rings. The number of benzene rings is 3. The zero-order valence-corrected chi connectivity index (χ0v) is 17.4. The first kappa shape index (κ1) is 22.3. The van der Waals surface area contributed by atoms with Crippen molar-refractivity contribution in [3.63, 3.8) is 0 Å². The van der Waals surface area contributed by atoms with Gasteiger partial charge >= 0.3 is 11.7 Å². The number of ether oxygens (including phenoxy) is 2. The van der Waals surface area contributed by atoms with Crippen LogP contribution in [0.1, 0.15) is 27.0 Å². The second-order valence-corrected chi connectivity index (χ2v) is 6.82. The molecule has 3 aromatic rings. The number of hydrazone groups is 1. The number of anilines is 1. The van der Waals surface area contributed by atoms with E-state index in [9.17, 15) is 20.0 Å². The van der Waals surface area contributed by atoms with Crippen LogP contribution in [0.25, 0.3) is 0 Å². The molecule has 2 N–H and O–H groups in total. The quantitative estimate of drug-likeness (QED) is 0.285. The molecule has 0 bridgehead atoms. The highest BCUT2D eigenvalue weighted by atomic mass is 16.6. The molecular formula is C23H21N3O6. The lowest BCUT2D eigenvalue weighted by Crippen LogP contribution is -2.04. The minimum atomic E-state index is -1.10. The topological polar surface area (TPSA) is 123 Å². The van der Waals surface area contributed by atoms with Crippen molar-refractivity contribution in [3.8, 4) is 11.5 Å². The molecule has 9 heteroatoms. The average molecular weight is 435 g/mol. The van der Waals surface area contributed by atoms with Crippen molar-refractivity contribution in [2.45, 2.75) is 13.5 Å². The van der Waals surface area contributed by atoms with E-state index in [-0.39, 0.29) is 35.0 Å². The Bertz CT molecular complexity index is 1160. The summed E-state index contributed by atoms with van der Waals surface area (Å²) in [6.45, 7) is 2.10. The molecule has 0 aliphatic rings. The number of carbonyl (C=O) groups is 1. The summed E-state index contributed by atoms with van der Waals surface area (Å²) in [6.07, 6.45) is 1.33. The van der Waals surface area contributed by atoms with E-state index < -0.39 is 10.9 Å². The lowest BCUT2D eigenvalue weighted by molar-refractivity contribution is -0.386. The number of nitrogens with zero attached hydrogens (tertiary/aromatic N) is 2. The van der Waals surface area contributed by atoms with Crippen molar-refractivity contribution in [1.82, 2.24) is 0 Å². The molecule has 0 heterocycles. The van der Waals surface area contributed by atoms with Gasteiger partial charge in [0.1, 0.15) is 6.61 Å². The van der Waals surface area contributed by atoms with Crippen LogP contribution < -0.4 is 14.9 Å². The fourth-order valence-corrected chi connectivity index (χ4v) is 2.90. The Morgan fingerprint density at radius 1 is 1.19 bits per heavy atom. The molecule has 9 nitrogen and oxygen atoms in total. The van der Waals surface area contributed by atoms with E-state index in [4.69, 9.17) is 9.47 Å². The lowest BCUT2D eigenvalue weighted by Gasteiger charge is -2.12. The summed E-state index contributed by atoms with van der Waals surface area (Å²) in [7, 11) is 1.39.